The van der Waals surface area contributed by atoms with Gasteiger partial charge in [-0.1, -0.05) is 62.4 Å². The van der Waals surface area contributed by atoms with Crippen molar-refractivity contribution in [2.45, 2.75) is 39.5 Å². The number of hydrogen-bond donors (Lipinski definition) is 0. The molecule has 164 valence electrons. The van der Waals surface area contributed by atoms with Crippen LogP contribution in [0.5, 0.6) is 5.75 Å². The number of anilines is 1. The average molecular weight is 428 g/mol. The molecule has 0 aliphatic carbocycles. The van der Waals surface area contributed by atoms with E-state index in [0.717, 1.165) is 16.8 Å². The van der Waals surface area contributed by atoms with Crippen molar-refractivity contribution in [3.63, 3.8) is 0 Å². The van der Waals surface area contributed by atoms with Crippen molar-refractivity contribution in [2.75, 3.05) is 11.4 Å². The normalized spacial score (nSPS) is 16.3. The SMILES string of the molecule is Cc1ccc(N2C[C@H](C(=O)Oc3ccc(C(C)(C)c4ccccc4)cc3)CC2=O)cc1C. The van der Waals surface area contributed by atoms with Gasteiger partial charge in [0.25, 0.3) is 0 Å². The number of rotatable bonds is 5. The molecule has 0 unspecified atom stereocenters. The van der Waals surface area contributed by atoms with E-state index in [4.69, 9.17) is 4.74 Å². The van der Waals surface area contributed by atoms with E-state index in [9.17, 15) is 9.59 Å². The summed E-state index contributed by atoms with van der Waals surface area (Å²) >= 11 is 0. The third-order valence-electron chi connectivity index (χ3n) is 6.55. The van der Waals surface area contributed by atoms with E-state index in [0.29, 0.717) is 12.3 Å². The standard InChI is InChI=1S/C28H29NO3/c1-19-10-13-24(16-20(19)2)29-18-21(17-26(29)30)27(31)32-25-14-11-23(12-15-25)28(3,4)22-8-6-5-7-9-22/h5-16,21H,17-18H2,1-4H3/t21-/m1/s1. The lowest BCUT2D eigenvalue weighted by molar-refractivity contribution is -0.139. The maximum absolute atomic E-state index is 12.8. The number of nitrogens with zero attached hydrogens (tertiary/aromatic N) is 1. The fourth-order valence-electron chi connectivity index (χ4n) is 4.17. The van der Waals surface area contributed by atoms with Crippen LogP contribution in [0.2, 0.25) is 0 Å². The van der Waals surface area contributed by atoms with Crippen molar-refractivity contribution in [1.82, 2.24) is 0 Å². The van der Waals surface area contributed by atoms with Crippen LogP contribution in [0.4, 0.5) is 5.69 Å². The summed E-state index contributed by atoms with van der Waals surface area (Å²) in [5, 5.41) is 0. The van der Waals surface area contributed by atoms with E-state index in [-0.39, 0.29) is 23.7 Å². The van der Waals surface area contributed by atoms with Gasteiger partial charge in [-0.15, -0.1) is 0 Å². The molecule has 4 nitrogen and oxygen atoms in total. The summed E-state index contributed by atoms with van der Waals surface area (Å²) in [5.41, 5.74) is 5.34. The smallest absolute Gasteiger partial charge is 0.316 e. The zero-order chi connectivity index (χ0) is 22.9. The highest BCUT2D eigenvalue weighted by Gasteiger charge is 2.36. The van der Waals surface area contributed by atoms with E-state index >= 15 is 0 Å². The fourth-order valence-corrected chi connectivity index (χ4v) is 4.17. The summed E-state index contributed by atoms with van der Waals surface area (Å²) in [5.74, 6) is -0.376. The quantitative estimate of drug-likeness (QED) is 0.394. The number of carbonyl (C=O) groups is 2. The molecule has 3 aromatic rings. The lowest BCUT2D eigenvalue weighted by Crippen LogP contribution is -2.27. The Morgan fingerprint density at radius 2 is 1.56 bits per heavy atom. The summed E-state index contributed by atoms with van der Waals surface area (Å²) < 4.78 is 5.63. The Kier molecular flexibility index (Phi) is 5.88. The molecule has 1 aliphatic heterocycles. The van der Waals surface area contributed by atoms with Gasteiger partial charge in [-0.05, 0) is 60.4 Å². The Morgan fingerprint density at radius 3 is 2.22 bits per heavy atom. The Bertz CT molecular complexity index is 1130. The highest BCUT2D eigenvalue weighted by molar-refractivity contribution is 5.99. The number of amides is 1. The molecular weight excluding hydrogens is 398 g/mol. The Balaban J connectivity index is 1.43. The summed E-state index contributed by atoms with van der Waals surface area (Å²) in [7, 11) is 0. The van der Waals surface area contributed by atoms with Crippen LogP contribution in [-0.4, -0.2) is 18.4 Å². The van der Waals surface area contributed by atoms with E-state index in [1.807, 2.05) is 74.5 Å². The van der Waals surface area contributed by atoms with Crippen LogP contribution in [-0.2, 0) is 15.0 Å². The molecule has 1 heterocycles. The minimum atomic E-state index is -0.468. The third kappa shape index (κ3) is 4.31. The van der Waals surface area contributed by atoms with Gasteiger partial charge in [0.05, 0.1) is 5.92 Å². The molecular formula is C28H29NO3. The van der Waals surface area contributed by atoms with Gasteiger partial charge in [0, 0.05) is 24.1 Å². The van der Waals surface area contributed by atoms with Crippen LogP contribution >= 0.6 is 0 Å². The Hall–Kier alpha value is -3.40. The first-order valence-corrected chi connectivity index (χ1v) is 11.0. The summed E-state index contributed by atoms with van der Waals surface area (Å²) in [6.45, 7) is 8.76. The van der Waals surface area contributed by atoms with Gasteiger partial charge in [-0.25, -0.2) is 0 Å². The monoisotopic (exact) mass is 427 g/mol. The van der Waals surface area contributed by atoms with E-state index < -0.39 is 5.92 Å². The topological polar surface area (TPSA) is 46.6 Å². The molecule has 3 aromatic carbocycles. The van der Waals surface area contributed by atoms with Gasteiger partial charge < -0.3 is 9.64 Å². The van der Waals surface area contributed by atoms with Crippen molar-refractivity contribution in [3.8, 4) is 5.75 Å². The molecule has 0 spiro atoms. The average Bonchev–Trinajstić information content (AvgIpc) is 3.18. The van der Waals surface area contributed by atoms with Gasteiger partial charge in [0.15, 0.2) is 0 Å². The first kappa shape index (κ1) is 21.8. The molecule has 0 aromatic heterocycles. The van der Waals surface area contributed by atoms with Gasteiger partial charge in [0.1, 0.15) is 5.75 Å². The van der Waals surface area contributed by atoms with Gasteiger partial charge in [-0.3, -0.25) is 9.59 Å². The molecule has 0 N–H and O–H groups in total. The number of esters is 1. The number of hydrogen-bond acceptors (Lipinski definition) is 3. The molecule has 0 radical (unpaired) electrons. The summed E-state index contributed by atoms with van der Waals surface area (Å²) in [6, 6.07) is 23.9. The largest absolute Gasteiger partial charge is 0.426 e. The highest BCUT2D eigenvalue weighted by atomic mass is 16.5. The van der Waals surface area contributed by atoms with Crippen LogP contribution in [0.3, 0.4) is 0 Å². The number of benzene rings is 3. The fraction of sp³-hybridized carbons (Fsp3) is 0.286. The van der Waals surface area contributed by atoms with Crippen LogP contribution in [0.25, 0.3) is 0 Å². The van der Waals surface area contributed by atoms with Crippen molar-refractivity contribution in [1.29, 1.82) is 0 Å². The van der Waals surface area contributed by atoms with Crippen LogP contribution in [0.15, 0.2) is 72.8 Å². The van der Waals surface area contributed by atoms with Crippen LogP contribution < -0.4 is 9.64 Å². The first-order valence-electron chi connectivity index (χ1n) is 11.0. The highest BCUT2D eigenvalue weighted by Crippen LogP contribution is 2.33. The molecule has 0 bridgehead atoms. The maximum atomic E-state index is 12.8. The van der Waals surface area contributed by atoms with E-state index in [1.54, 1.807) is 4.90 Å². The number of ether oxygens (including phenoxy) is 1. The van der Waals surface area contributed by atoms with Crippen LogP contribution in [0.1, 0.15) is 42.5 Å². The zero-order valence-electron chi connectivity index (χ0n) is 19.1. The van der Waals surface area contributed by atoms with Crippen molar-refractivity contribution >= 4 is 17.6 Å². The van der Waals surface area contributed by atoms with Crippen molar-refractivity contribution < 1.29 is 14.3 Å². The van der Waals surface area contributed by atoms with Crippen LogP contribution in [0, 0.1) is 19.8 Å². The second kappa shape index (κ2) is 8.62. The molecule has 1 fully saturated rings. The predicted molar refractivity (Wildman–Crippen MR) is 127 cm³/mol. The molecule has 1 amide bonds. The minimum absolute atomic E-state index is 0.0461. The molecule has 1 aliphatic rings. The molecule has 1 atom stereocenters. The van der Waals surface area contributed by atoms with E-state index in [1.165, 1.54) is 11.1 Å². The molecule has 4 rings (SSSR count). The van der Waals surface area contributed by atoms with Gasteiger partial charge in [-0.2, -0.15) is 0 Å². The number of carbonyl (C=O) groups excluding carboxylic acids is 2. The molecule has 0 saturated carbocycles. The first-order chi connectivity index (χ1) is 15.3. The Morgan fingerprint density at radius 1 is 0.906 bits per heavy atom. The lowest BCUT2D eigenvalue weighted by Gasteiger charge is -2.26. The van der Waals surface area contributed by atoms with Gasteiger partial charge in [0.2, 0.25) is 5.91 Å². The number of aryl methyl sites for hydroxylation is 2. The molecule has 4 heteroatoms. The molecule has 1 saturated heterocycles. The summed E-state index contributed by atoms with van der Waals surface area (Å²) in [6.07, 6.45) is 0.172. The Labute approximate surface area is 189 Å². The zero-order valence-corrected chi connectivity index (χ0v) is 19.1. The molecule has 32 heavy (non-hydrogen) atoms. The maximum Gasteiger partial charge on any atom is 0.316 e. The van der Waals surface area contributed by atoms with E-state index in [2.05, 4.69) is 26.0 Å². The predicted octanol–water partition coefficient (Wildman–Crippen LogP) is 5.59. The second-order valence-corrected chi connectivity index (χ2v) is 9.11. The van der Waals surface area contributed by atoms with Gasteiger partial charge >= 0.3 is 5.97 Å². The second-order valence-electron chi connectivity index (χ2n) is 9.11. The minimum Gasteiger partial charge on any atom is -0.426 e. The third-order valence-corrected chi connectivity index (χ3v) is 6.55. The van der Waals surface area contributed by atoms with Crippen molar-refractivity contribution in [3.05, 3.63) is 95.1 Å². The summed E-state index contributed by atoms with van der Waals surface area (Å²) in [4.78, 5) is 27.0. The lowest BCUT2D eigenvalue weighted by atomic mass is 9.78. The van der Waals surface area contributed by atoms with Crippen molar-refractivity contribution in [2.24, 2.45) is 5.92 Å².